The van der Waals surface area contributed by atoms with Gasteiger partial charge in [-0.15, -0.1) is 0 Å². The molecule has 0 aliphatic rings. The number of rotatable bonds is 5. The first kappa shape index (κ1) is 13.2. The second kappa shape index (κ2) is 5.47. The van der Waals surface area contributed by atoms with Gasteiger partial charge < -0.3 is 5.32 Å². The topological polar surface area (TPSA) is 71.1 Å². The van der Waals surface area contributed by atoms with Crippen molar-refractivity contribution in [2.45, 2.75) is 18.7 Å². The third-order valence-corrected chi connectivity index (χ3v) is 3.61. The van der Waals surface area contributed by atoms with E-state index in [1.54, 1.807) is 6.92 Å². The Morgan fingerprint density at radius 3 is 2.56 bits per heavy atom. The molecule has 1 heterocycles. The summed E-state index contributed by atoms with van der Waals surface area (Å²) in [5.74, 6) is 0.486. The molecule has 0 saturated heterocycles. The van der Waals surface area contributed by atoms with Crippen molar-refractivity contribution in [3.05, 3.63) is 17.3 Å². The molecule has 1 aromatic heterocycles. The van der Waals surface area contributed by atoms with Crippen molar-refractivity contribution < 1.29 is 8.42 Å². The van der Waals surface area contributed by atoms with Crippen molar-refractivity contribution in [1.29, 1.82) is 0 Å². The number of hydrogen-bond donors (Lipinski definition) is 2. The molecule has 0 atom stereocenters. The minimum Gasteiger partial charge on any atom is -0.369 e. The first-order valence-corrected chi connectivity index (χ1v) is 6.76. The molecule has 0 saturated carbocycles. The van der Waals surface area contributed by atoms with Crippen LogP contribution in [0.15, 0.2) is 17.2 Å². The zero-order valence-corrected chi connectivity index (χ0v) is 10.7. The van der Waals surface area contributed by atoms with Crippen LogP contribution in [0, 0.1) is 0 Å². The highest BCUT2D eigenvalue weighted by Crippen LogP contribution is 2.22. The monoisotopic (exact) mass is 263 g/mol. The summed E-state index contributed by atoms with van der Waals surface area (Å²) in [4.78, 5) is 4.02. The molecule has 0 amide bonds. The molecule has 0 aromatic carbocycles. The van der Waals surface area contributed by atoms with E-state index in [2.05, 4.69) is 15.0 Å². The second-order valence-corrected chi connectivity index (χ2v) is 5.21. The van der Waals surface area contributed by atoms with Gasteiger partial charge in [0.05, 0.1) is 5.02 Å². The fourth-order valence-corrected chi connectivity index (χ4v) is 2.45. The van der Waals surface area contributed by atoms with Gasteiger partial charge in [-0.3, -0.25) is 0 Å². The van der Waals surface area contributed by atoms with E-state index in [1.165, 1.54) is 12.3 Å². The van der Waals surface area contributed by atoms with E-state index >= 15 is 0 Å². The Morgan fingerprint density at radius 2 is 2.06 bits per heavy atom. The van der Waals surface area contributed by atoms with E-state index in [-0.39, 0.29) is 4.90 Å². The van der Waals surface area contributed by atoms with Crippen molar-refractivity contribution >= 4 is 27.4 Å². The van der Waals surface area contributed by atoms with Crippen LogP contribution in [0.3, 0.4) is 0 Å². The first-order valence-electron chi connectivity index (χ1n) is 4.90. The smallest absolute Gasteiger partial charge is 0.242 e. The lowest BCUT2D eigenvalue weighted by Crippen LogP contribution is -2.23. The SMILES string of the molecule is CCNc1ncc(S(=O)(=O)NCC)cc1Cl. The van der Waals surface area contributed by atoms with Gasteiger partial charge in [-0.2, -0.15) is 0 Å². The van der Waals surface area contributed by atoms with E-state index < -0.39 is 10.0 Å². The molecular weight excluding hydrogens is 250 g/mol. The lowest BCUT2D eigenvalue weighted by Gasteiger charge is -2.08. The second-order valence-electron chi connectivity index (χ2n) is 3.03. The highest BCUT2D eigenvalue weighted by Gasteiger charge is 2.14. The molecule has 1 rings (SSSR count). The number of halogens is 1. The molecule has 2 N–H and O–H groups in total. The normalized spacial score (nSPS) is 11.4. The lowest BCUT2D eigenvalue weighted by molar-refractivity contribution is 0.583. The third kappa shape index (κ3) is 3.07. The Labute approximate surface area is 100 Å². The van der Waals surface area contributed by atoms with Crippen molar-refractivity contribution in [2.75, 3.05) is 18.4 Å². The summed E-state index contributed by atoms with van der Waals surface area (Å²) >= 11 is 5.90. The summed E-state index contributed by atoms with van der Waals surface area (Å²) in [5.41, 5.74) is 0. The van der Waals surface area contributed by atoms with Crippen LogP contribution >= 0.6 is 11.6 Å². The molecule has 7 heteroatoms. The predicted octanol–water partition coefficient (Wildman–Crippen LogP) is 1.46. The lowest BCUT2D eigenvalue weighted by atomic mass is 10.4. The molecule has 0 aliphatic heterocycles. The van der Waals surface area contributed by atoms with Gasteiger partial charge in [0, 0.05) is 19.3 Å². The maximum atomic E-state index is 11.6. The predicted molar refractivity (Wildman–Crippen MR) is 64.3 cm³/mol. The molecule has 0 fully saturated rings. The van der Waals surface area contributed by atoms with Crippen LogP contribution in [0.5, 0.6) is 0 Å². The number of nitrogens with one attached hydrogen (secondary N) is 2. The number of pyridine rings is 1. The van der Waals surface area contributed by atoms with Gasteiger partial charge in [0.25, 0.3) is 0 Å². The maximum absolute atomic E-state index is 11.6. The highest BCUT2D eigenvalue weighted by molar-refractivity contribution is 7.89. The fourth-order valence-electron chi connectivity index (χ4n) is 1.14. The van der Waals surface area contributed by atoms with Crippen LogP contribution in [0.1, 0.15) is 13.8 Å². The van der Waals surface area contributed by atoms with Crippen LogP contribution in [-0.4, -0.2) is 26.5 Å². The summed E-state index contributed by atoms with van der Waals surface area (Å²) in [6.45, 7) is 4.61. The van der Waals surface area contributed by atoms with Crippen LogP contribution in [0.4, 0.5) is 5.82 Å². The molecule has 0 spiro atoms. The largest absolute Gasteiger partial charge is 0.369 e. The van der Waals surface area contributed by atoms with Crippen LogP contribution < -0.4 is 10.0 Å². The summed E-state index contributed by atoms with van der Waals surface area (Å²) in [6, 6.07) is 1.38. The highest BCUT2D eigenvalue weighted by atomic mass is 35.5. The quantitative estimate of drug-likeness (QED) is 0.844. The molecular formula is C9H14ClN3O2S. The first-order chi connectivity index (χ1) is 7.51. The Balaban J connectivity index is 3.06. The van der Waals surface area contributed by atoms with Gasteiger partial charge in [-0.05, 0) is 13.0 Å². The molecule has 5 nitrogen and oxygen atoms in total. The zero-order valence-electron chi connectivity index (χ0n) is 9.12. The van der Waals surface area contributed by atoms with Gasteiger partial charge in [-0.25, -0.2) is 18.1 Å². The van der Waals surface area contributed by atoms with E-state index in [1.807, 2.05) is 6.92 Å². The summed E-state index contributed by atoms with van der Waals surface area (Å²) in [6.07, 6.45) is 1.28. The zero-order chi connectivity index (χ0) is 12.2. The Bertz CT molecular complexity index is 462. The molecule has 16 heavy (non-hydrogen) atoms. The van der Waals surface area contributed by atoms with Crippen molar-refractivity contribution in [3.8, 4) is 0 Å². The number of nitrogens with zero attached hydrogens (tertiary/aromatic N) is 1. The molecule has 0 bridgehead atoms. The Morgan fingerprint density at radius 1 is 1.38 bits per heavy atom. The number of anilines is 1. The summed E-state index contributed by atoms with van der Waals surface area (Å²) < 4.78 is 25.6. The van der Waals surface area contributed by atoms with Gasteiger partial charge >= 0.3 is 0 Å². The molecule has 0 unspecified atom stereocenters. The molecule has 1 aromatic rings. The van der Waals surface area contributed by atoms with Gasteiger partial charge in [-0.1, -0.05) is 18.5 Å². The molecule has 0 aliphatic carbocycles. The van der Waals surface area contributed by atoms with Gasteiger partial charge in [0.2, 0.25) is 10.0 Å². The minimum atomic E-state index is -3.49. The number of hydrogen-bond acceptors (Lipinski definition) is 4. The Hall–Kier alpha value is -0.850. The van der Waals surface area contributed by atoms with Crippen LogP contribution in [-0.2, 0) is 10.0 Å². The number of aromatic nitrogens is 1. The van der Waals surface area contributed by atoms with Gasteiger partial charge in [0.15, 0.2) is 0 Å². The van der Waals surface area contributed by atoms with Crippen molar-refractivity contribution in [3.63, 3.8) is 0 Å². The van der Waals surface area contributed by atoms with Crippen molar-refractivity contribution in [1.82, 2.24) is 9.71 Å². The van der Waals surface area contributed by atoms with E-state index in [9.17, 15) is 8.42 Å². The van der Waals surface area contributed by atoms with Gasteiger partial charge in [0.1, 0.15) is 10.7 Å². The van der Waals surface area contributed by atoms with Crippen molar-refractivity contribution in [2.24, 2.45) is 0 Å². The summed E-state index contributed by atoms with van der Waals surface area (Å²) in [5, 5.41) is 3.22. The van der Waals surface area contributed by atoms with Crippen LogP contribution in [0.25, 0.3) is 0 Å². The van der Waals surface area contributed by atoms with Crippen LogP contribution in [0.2, 0.25) is 5.02 Å². The van der Waals surface area contributed by atoms with E-state index in [4.69, 9.17) is 11.6 Å². The fraction of sp³-hybridized carbons (Fsp3) is 0.444. The maximum Gasteiger partial charge on any atom is 0.242 e. The average Bonchev–Trinajstić information content (AvgIpc) is 2.21. The molecule has 0 radical (unpaired) electrons. The average molecular weight is 264 g/mol. The summed E-state index contributed by atoms with van der Waals surface area (Å²) in [7, 11) is -3.49. The number of sulfonamides is 1. The van der Waals surface area contributed by atoms with E-state index in [0.29, 0.717) is 23.9 Å². The Kier molecular flexibility index (Phi) is 4.52. The molecule has 90 valence electrons. The van der Waals surface area contributed by atoms with E-state index in [0.717, 1.165) is 0 Å². The minimum absolute atomic E-state index is 0.0704. The standard InChI is InChI=1S/C9H14ClN3O2S/c1-3-11-9-8(10)5-7(6-12-9)16(14,15)13-4-2/h5-6,13H,3-4H2,1-2H3,(H,11,12). The third-order valence-electron chi connectivity index (χ3n) is 1.80.